The molecule has 0 aliphatic carbocycles. The maximum Gasteiger partial charge on any atom is 0.228 e. The molecule has 0 bridgehead atoms. The number of aryl methyl sites for hydroxylation is 1. The molecule has 2 saturated heterocycles. The molecule has 1 unspecified atom stereocenters. The minimum Gasteiger partial charge on any atom is -0.493 e. The van der Waals surface area contributed by atoms with Crippen LogP contribution in [-0.4, -0.2) is 80.1 Å². The third-order valence-corrected chi connectivity index (χ3v) is 7.39. The molecule has 0 saturated carbocycles. The average molecular weight is 473 g/mol. The van der Waals surface area contributed by atoms with Gasteiger partial charge < -0.3 is 24.2 Å². The lowest BCUT2D eigenvalue weighted by molar-refractivity contribution is -0.135. The molecule has 2 aliphatic heterocycles. The fourth-order valence-electron chi connectivity index (χ4n) is 4.53. The molecule has 0 spiro atoms. The van der Waals surface area contributed by atoms with Crippen LogP contribution < -0.4 is 14.4 Å². The van der Waals surface area contributed by atoms with Gasteiger partial charge in [-0.3, -0.25) is 9.59 Å². The molecular formula is C24H32N4O4S. The zero-order valence-corrected chi connectivity index (χ0v) is 20.4. The van der Waals surface area contributed by atoms with E-state index in [2.05, 4.69) is 15.3 Å². The van der Waals surface area contributed by atoms with Crippen molar-refractivity contribution < 1.29 is 19.1 Å². The van der Waals surface area contributed by atoms with Crippen LogP contribution in [-0.2, 0) is 16.0 Å². The Labute approximate surface area is 199 Å². The number of carbonyl (C=O) groups is 2. The number of rotatable bonds is 7. The predicted octanol–water partition coefficient (Wildman–Crippen LogP) is 2.60. The highest BCUT2D eigenvalue weighted by molar-refractivity contribution is 7.13. The number of aromatic nitrogens is 1. The van der Waals surface area contributed by atoms with Crippen LogP contribution in [0.3, 0.4) is 0 Å². The first-order valence-electron chi connectivity index (χ1n) is 11.4. The van der Waals surface area contributed by atoms with Crippen LogP contribution in [0.2, 0.25) is 0 Å². The zero-order chi connectivity index (χ0) is 23.4. The van der Waals surface area contributed by atoms with Crippen LogP contribution in [0, 0.1) is 12.8 Å². The van der Waals surface area contributed by atoms with Gasteiger partial charge in [-0.2, -0.15) is 0 Å². The van der Waals surface area contributed by atoms with E-state index in [1.165, 1.54) is 0 Å². The summed E-state index contributed by atoms with van der Waals surface area (Å²) in [6, 6.07) is 5.80. The predicted molar refractivity (Wildman–Crippen MR) is 128 cm³/mol. The fraction of sp³-hybridized carbons (Fsp3) is 0.542. The average Bonchev–Trinajstić information content (AvgIpc) is 3.33. The summed E-state index contributed by atoms with van der Waals surface area (Å²) >= 11 is 1.65. The first kappa shape index (κ1) is 23.4. The SMILES string of the molecule is COc1ccc(CCN2CC(C(=O)N3CCCN(c4nc(C)cs4)CC3)CC2=O)cc1OC. The summed E-state index contributed by atoms with van der Waals surface area (Å²) in [5, 5.41) is 3.09. The first-order valence-corrected chi connectivity index (χ1v) is 12.3. The number of hydrogen-bond donors (Lipinski definition) is 0. The first-order chi connectivity index (χ1) is 16.0. The van der Waals surface area contributed by atoms with Gasteiger partial charge in [-0.1, -0.05) is 6.07 Å². The minimum absolute atomic E-state index is 0.0588. The van der Waals surface area contributed by atoms with E-state index in [-0.39, 0.29) is 17.7 Å². The molecule has 33 heavy (non-hydrogen) atoms. The normalized spacial score (nSPS) is 19.1. The smallest absolute Gasteiger partial charge is 0.228 e. The molecule has 178 valence electrons. The lowest BCUT2D eigenvalue weighted by Gasteiger charge is -2.24. The number of ether oxygens (including phenoxy) is 2. The number of thiazole rings is 1. The van der Waals surface area contributed by atoms with Crippen LogP contribution >= 0.6 is 11.3 Å². The zero-order valence-electron chi connectivity index (χ0n) is 19.6. The Kier molecular flexibility index (Phi) is 7.37. The molecule has 1 atom stereocenters. The summed E-state index contributed by atoms with van der Waals surface area (Å²) in [6.45, 7) is 6.18. The molecule has 4 rings (SSSR count). The van der Waals surface area contributed by atoms with Gasteiger partial charge >= 0.3 is 0 Å². The summed E-state index contributed by atoms with van der Waals surface area (Å²) in [4.78, 5) is 36.4. The second-order valence-corrected chi connectivity index (χ2v) is 9.45. The summed E-state index contributed by atoms with van der Waals surface area (Å²) in [5.41, 5.74) is 2.10. The third-order valence-electron chi connectivity index (χ3n) is 6.37. The quantitative estimate of drug-likeness (QED) is 0.617. The van der Waals surface area contributed by atoms with Gasteiger partial charge in [0.15, 0.2) is 16.6 Å². The molecule has 0 N–H and O–H groups in total. The maximum atomic E-state index is 13.2. The number of benzene rings is 1. The van der Waals surface area contributed by atoms with Gasteiger partial charge in [0.25, 0.3) is 0 Å². The van der Waals surface area contributed by atoms with Crippen LogP contribution in [0.4, 0.5) is 5.13 Å². The van der Waals surface area contributed by atoms with E-state index in [1.807, 2.05) is 34.9 Å². The molecule has 1 aromatic carbocycles. The Bertz CT molecular complexity index is 995. The number of hydrogen-bond acceptors (Lipinski definition) is 7. The van der Waals surface area contributed by atoms with E-state index in [4.69, 9.17) is 9.47 Å². The molecule has 1 aromatic heterocycles. The molecule has 2 amide bonds. The van der Waals surface area contributed by atoms with E-state index in [0.717, 1.165) is 42.4 Å². The highest BCUT2D eigenvalue weighted by Gasteiger charge is 2.36. The number of nitrogens with zero attached hydrogens (tertiary/aromatic N) is 4. The van der Waals surface area contributed by atoms with Crippen LogP contribution in [0.25, 0.3) is 0 Å². The van der Waals surface area contributed by atoms with Crippen LogP contribution in [0.1, 0.15) is 24.1 Å². The number of likely N-dealkylation sites (tertiary alicyclic amines) is 1. The van der Waals surface area contributed by atoms with E-state index >= 15 is 0 Å². The maximum absolute atomic E-state index is 13.2. The molecule has 2 fully saturated rings. The summed E-state index contributed by atoms with van der Waals surface area (Å²) in [6.07, 6.45) is 1.92. The van der Waals surface area contributed by atoms with E-state index < -0.39 is 0 Å². The van der Waals surface area contributed by atoms with Gasteiger partial charge in [0.2, 0.25) is 11.8 Å². The van der Waals surface area contributed by atoms with Gasteiger partial charge in [0, 0.05) is 51.1 Å². The van der Waals surface area contributed by atoms with Crippen molar-refractivity contribution in [3.8, 4) is 11.5 Å². The van der Waals surface area contributed by atoms with Crippen molar-refractivity contribution in [3.05, 3.63) is 34.8 Å². The van der Waals surface area contributed by atoms with Crippen LogP contribution in [0.15, 0.2) is 23.6 Å². The molecular weight excluding hydrogens is 440 g/mol. The van der Waals surface area contributed by atoms with Gasteiger partial charge in [-0.15, -0.1) is 11.3 Å². The molecule has 9 heteroatoms. The second-order valence-electron chi connectivity index (χ2n) is 8.62. The van der Waals surface area contributed by atoms with Gasteiger partial charge in [0.05, 0.1) is 25.8 Å². The summed E-state index contributed by atoms with van der Waals surface area (Å²) in [7, 11) is 3.22. The van der Waals surface area contributed by atoms with Crippen molar-refractivity contribution in [1.29, 1.82) is 0 Å². The highest BCUT2D eigenvalue weighted by atomic mass is 32.1. The molecule has 2 aromatic rings. The molecule has 0 radical (unpaired) electrons. The Morgan fingerprint density at radius 1 is 1.15 bits per heavy atom. The largest absolute Gasteiger partial charge is 0.493 e. The highest BCUT2D eigenvalue weighted by Crippen LogP contribution is 2.28. The molecule has 3 heterocycles. The number of anilines is 1. The lowest BCUT2D eigenvalue weighted by atomic mass is 10.1. The minimum atomic E-state index is -0.253. The Morgan fingerprint density at radius 3 is 2.70 bits per heavy atom. The summed E-state index contributed by atoms with van der Waals surface area (Å²) in [5.74, 6) is 1.28. The lowest BCUT2D eigenvalue weighted by Crippen LogP contribution is -2.40. The van der Waals surface area contributed by atoms with Crippen LogP contribution in [0.5, 0.6) is 11.5 Å². The van der Waals surface area contributed by atoms with Gasteiger partial charge in [0.1, 0.15) is 0 Å². The van der Waals surface area contributed by atoms with E-state index in [1.54, 1.807) is 25.6 Å². The van der Waals surface area contributed by atoms with Crippen molar-refractivity contribution in [2.24, 2.45) is 5.92 Å². The number of amides is 2. The van der Waals surface area contributed by atoms with Crippen molar-refractivity contribution in [2.45, 2.75) is 26.2 Å². The monoisotopic (exact) mass is 472 g/mol. The van der Waals surface area contributed by atoms with Gasteiger partial charge in [-0.25, -0.2) is 4.98 Å². The fourth-order valence-corrected chi connectivity index (χ4v) is 5.39. The van der Waals surface area contributed by atoms with Crippen molar-refractivity contribution in [3.63, 3.8) is 0 Å². The van der Waals surface area contributed by atoms with E-state index in [9.17, 15) is 9.59 Å². The molecule has 2 aliphatic rings. The second kappa shape index (κ2) is 10.4. The van der Waals surface area contributed by atoms with E-state index in [0.29, 0.717) is 44.0 Å². The number of methoxy groups -OCH3 is 2. The Morgan fingerprint density at radius 2 is 1.97 bits per heavy atom. The molecule has 8 nitrogen and oxygen atoms in total. The Balaban J connectivity index is 1.30. The van der Waals surface area contributed by atoms with Crippen molar-refractivity contribution in [1.82, 2.24) is 14.8 Å². The third kappa shape index (κ3) is 5.40. The standard InChI is InChI=1S/C24H32N4O4S/c1-17-16-33-24(25-17)27-9-4-8-26(11-12-27)23(30)19-14-22(29)28(15-19)10-7-18-5-6-20(31-2)21(13-18)32-3/h5-6,13,16,19H,4,7-12,14-15H2,1-3H3. The van der Waals surface area contributed by atoms with Crippen molar-refractivity contribution in [2.75, 3.05) is 58.4 Å². The van der Waals surface area contributed by atoms with Crippen molar-refractivity contribution >= 4 is 28.3 Å². The Hall–Kier alpha value is -2.81. The summed E-state index contributed by atoms with van der Waals surface area (Å²) < 4.78 is 10.7. The van der Waals surface area contributed by atoms with Gasteiger partial charge in [-0.05, 0) is 37.5 Å². The number of carbonyl (C=O) groups excluding carboxylic acids is 2. The topological polar surface area (TPSA) is 75.2 Å².